The molecule has 0 fully saturated rings. The SMILES string of the molecule is COC(=O)C(NCc1cccc(Cl)c1Cl)c1ccccc1. The molecule has 0 heterocycles. The van der Waals surface area contributed by atoms with Crippen LogP contribution < -0.4 is 5.32 Å². The first-order valence-electron chi connectivity index (χ1n) is 6.42. The fourth-order valence-electron chi connectivity index (χ4n) is 2.00. The molecule has 1 atom stereocenters. The number of carbonyl (C=O) groups excluding carboxylic acids is 1. The van der Waals surface area contributed by atoms with Gasteiger partial charge in [0.1, 0.15) is 6.04 Å². The average molecular weight is 324 g/mol. The minimum Gasteiger partial charge on any atom is -0.468 e. The van der Waals surface area contributed by atoms with Crippen molar-refractivity contribution < 1.29 is 9.53 Å². The number of rotatable bonds is 5. The monoisotopic (exact) mass is 323 g/mol. The maximum Gasteiger partial charge on any atom is 0.327 e. The Kier molecular flexibility index (Phi) is 5.62. The van der Waals surface area contributed by atoms with Crippen LogP contribution in [0, 0.1) is 0 Å². The van der Waals surface area contributed by atoms with E-state index in [-0.39, 0.29) is 5.97 Å². The molecular weight excluding hydrogens is 309 g/mol. The van der Waals surface area contributed by atoms with Crippen molar-refractivity contribution >= 4 is 29.2 Å². The van der Waals surface area contributed by atoms with E-state index in [2.05, 4.69) is 5.32 Å². The third kappa shape index (κ3) is 3.97. The van der Waals surface area contributed by atoms with Crippen molar-refractivity contribution in [2.75, 3.05) is 7.11 Å². The van der Waals surface area contributed by atoms with Crippen LogP contribution in [0.1, 0.15) is 17.2 Å². The molecule has 2 aromatic carbocycles. The number of carbonyl (C=O) groups is 1. The van der Waals surface area contributed by atoms with Crippen LogP contribution in [0.25, 0.3) is 0 Å². The predicted octanol–water partition coefficient (Wildman–Crippen LogP) is 4.00. The lowest BCUT2D eigenvalue weighted by Gasteiger charge is -2.17. The van der Waals surface area contributed by atoms with Gasteiger partial charge in [-0.1, -0.05) is 65.7 Å². The standard InChI is InChI=1S/C16H15Cl2NO2/c1-21-16(20)15(11-6-3-2-4-7-11)19-10-12-8-5-9-13(17)14(12)18/h2-9,15,19H,10H2,1H3. The first-order chi connectivity index (χ1) is 10.1. The summed E-state index contributed by atoms with van der Waals surface area (Å²) in [4.78, 5) is 11.9. The molecule has 0 aliphatic heterocycles. The van der Waals surface area contributed by atoms with Crippen LogP contribution in [0.15, 0.2) is 48.5 Å². The van der Waals surface area contributed by atoms with Gasteiger partial charge in [0.25, 0.3) is 0 Å². The molecule has 0 aliphatic rings. The summed E-state index contributed by atoms with van der Waals surface area (Å²) in [6, 6.07) is 14.2. The molecule has 0 aromatic heterocycles. The Bertz CT molecular complexity index is 617. The highest BCUT2D eigenvalue weighted by atomic mass is 35.5. The van der Waals surface area contributed by atoms with Crippen molar-refractivity contribution in [2.45, 2.75) is 12.6 Å². The molecule has 0 bridgehead atoms. The molecule has 0 saturated carbocycles. The smallest absolute Gasteiger partial charge is 0.327 e. The topological polar surface area (TPSA) is 38.3 Å². The van der Waals surface area contributed by atoms with Gasteiger partial charge < -0.3 is 4.74 Å². The van der Waals surface area contributed by atoms with Gasteiger partial charge in [0.2, 0.25) is 0 Å². The van der Waals surface area contributed by atoms with E-state index in [0.29, 0.717) is 16.6 Å². The van der Waals surface area contributed by atoms with Crippen molar-refractivity contribution in [3.8, 4) is 0 Å². The van der Waals surface area contributed by atoms with Crippen LogP contribution in [0.3, 0.4) is 0 Å². The van der Waals surface area contributed by atoms with Crippen molar-refractivity contribution in [3.63, 3.8) is 0 Å². The molecule has 0 saturated heterocycles. The molecule has 110 valence electrons. The number of benzene rings is 2. The molecule has 0 amide bonds. The van der Waals surface area contributed by atoms with E-state index in [0.717, 1.165) is 11.1 Å². The second-order valence-corrected chi connectivity index (χ2v) is 5.25. The van der Waals surface area contributed by atoms with Crippen LogP contribution >= 0.6 is 23.2 Å². The molecule has 2 rings (SSSR count). The fourth-order valence-corrected chi connectivity index (χ4v) is 2.38. The Labute approximate surface area is 133 Å². The molecular formula is C16H15Cl2NO2. The largest absolute Gasteiger partial charge is 0.468 e. The van der Waals surface area contributed by atoms with Gasteiger partial charge in [-0.3, -0.25) is 5.32 Å². The van der Waals surface area contributed by atoms with Gasteiger partial charge in [-0.2, -0.15) is 0 Å². The third-order valence-electron chi connectivity index (χ3n) is 3.10. The lowest BCUT2D eigenvalue weighted by atomic mass is 10.1. The summed E-state index contributed by atoms with van der Waals surface area (Å²) in [5.41, 5.74) is 1.66. The van der Waals surface area contributed by atoms with Crippen molar-refractivity contribution in [1.82, 2.24) is 5.32 Å². The maximum absolute atomic E-state index is 11.9. The van der Waals surface area contributed by atoms with Gasteiger partial charge >= 0.3 is 5.97 Å². The Morgan fingerprint density at radius 3 is 2.52 bits per heavy atom. The van der Waals surface area contributed by atoms with E-state index in [1.807, 2.05) is 42.5 Å². The minimum absolute atomic E-state index is 0.348. The molecule has 0 radical (unpaired) electrons. The second kappa shape index (κ2) is 7.46. The Morgan fingerprint density at radius 1 is 1.14 bits per heavy atom. The predicted molar refractivity (Wildman–Crippen MR) is 84.5 cm³/mol. The zero-order chi connectivity index (χ0) is 15.2. The summed E-state index contributed by atoms with van der Waals surface area (Å²) < 4.78 is 4.85. The van der Waals surface area contributed by atoms with Crippen molar-refractivity contribution in [2.24, 2.45) is 0 Å². The number of hydrogen-bond donors (Lipinski definition) is 1. The number of hydrogen-bond acceptors (Lipinski definition) is 3. The zero-order valence-electron chi connectivity index (χ0n) is 11.5. The third-order valence-corrected chi connectivity index (χ3v) is 3.96. The van der Waals surface area contributed by atoms with Crippen LogP contribution in [0.2, 0.25) is 10.0 Å². The first-order valence-corrected chi connectivity index (χ1v) is 7.18. The average Bonchev–Trinajstić information content (AvgIpc) is 2.52. The highest BCUT2D eigenvalue weighted by molar-refractivity contribution is 6.42. The fraction of sp³-hybridized carbons (Fsp3) is 0.188. The molecule has 1 N–H and O–H groups in total. The summed E-state index contributed by atoms with van der Waals surface area (Å²) in [5.74, 6) is -0.348. The van der Waals surface area contributed by atoms with Gasteiger partial charge in [-0.05, 0) is 17.2 Å². The van der Waals surface area contributed by atoms with Gasteiger partial charge in [0.05, 0.1) is 17.2 Å². The Hall–Kier alpha value is -1.55. The summed E-state index contributed by atoms with van der Waals surface area (Å²) >= 11 is 12.1. The summed E-state index contributed by atoms with van der Waals surface area (Å²) in [7, 11) is 1.37. The molecule has 1 unspecified atom stereocenters. The second-order valence-electron chi connectivity index (χ2n) is 4.46. The summed E-state index contributed by atoms with van der Waals surface area (Å²) in [6.45, 7) is 0.411. The first kappa shape index (κ1) is 15.8. The quantitative estimate of drug-likeness (QED) is 0.845. The Morgan fingerprint density at radius 2 is 1.86 bits per heavy atom. The van der Waals surface area contributed by atoms with E-state index in [1.54, 1.807) is 6.07 Å². The molecule has 3 nitrogen and oxygen atoms in total. The van der Waals surface area contributed by atoms with Crippen LogP contribution in [-0.2, 0) is 16.1 Å². The van der Waals surface area contributed by atoms with Crippen LogP contribution in [0.4, 0.5) is 0 Å². The van der Waals surface area contributed by atoms with E-state index >= 15 is 0 Å². The molecule has 21 heavy (non-hydrogen) atoms. The highest BCUT2D eigenvalue weighted by Crippen LogP contribution is 2.26. The lowest BCUT2D eigenvalue weighted by molar-refractivity contribution is -0.143. The van der Waals surface area contributed by atoms with Crippen LogP contribution in [0.5, 0.6) is 0 Å². The summed E-state index contributed by atoms with van der Waals surface area (Å²) in [6.07, 6.45) is 0. The van der Waals surface area contributed by atoms with Crippen molar-refractivity contribution in [1.29, 1.82) is 0 Å². The number of nitrogens with one attached hydrogen (secondary N) is 1. The number of halogens is 2. The van der Waals surface area contributed by atoms with Crippen LogP contribution in [-0.4, -0.2) is 13.1 Å². The molecule has 5 heteroatoms. The molecule has 0 aliphatic carbocycles. The van der Waals surface area contributed by atoms with E-state index in [9.17, 15) is 4.79 Å². The van der Waals surface area contributed by atoms with E-state index < -0.39 is 6.04 Å². The molecule has 2 aromatic rings. The number of esters is 1. The van der Waals surface area contributed by atoms with E-state index in [1.165, 1.54) is 7.11 Å². The molecule has 0 spiro atoms. The normalized spacial score (nSPS) is 12.0. The number of ether oxygens (including phenoxy) is 1. The van der Waals surface area contributed by atoms with Gasteiger partial charge in [-0.15, -0.1) is 0 Å². The minimum atomic E-state index is -0.550. The van der Waals surface area contributed by atoms with Gasteiger partial charge in [-0.25, -0.2) is 4.79 Å². The summed E-state index contributed by atoms with van der Waals surface area (Å²) in [5, 5.41) is 4.13. The van der Waals surface area contributed by atoms with Gasteiger partial charge in [0, 0.05) is 6.54 Å². The highest BCUT2D eigenvalue weighted by Gasteiger charge is 2.20. The number of methoxy groups -OCH3 is 1. The zero-order valence-corrected chi connectivity index (χ0v) is 13.0. The van der Waals surface area contributed by atoms with Gasteiger partial charge in [0.15, 0.2) is 0 Å². The maximum atomic E-state index is 11.9. The van der Waals surface area contributed by atoms with Crippen molar-refractivity contribution in [3.05, 3.63) is 69.7 Å². The Balaban J connectivity index is 2.17. The van der Waals surface area contributed by atoms with E-state index in [4.69, 9.17) is 27.9 Å². The lowest BCUT2D eigenvalue weighted by Crippen LogP contribution is -2.29.